The van der Waals surface area contributed by atoms with Gasteiger partial charge in [-0.25, -0.2) is 0 Å². The number of para-hydroxylation sites is 1. The fourth-order valence-electron chi connectivity index (χ4n) is 1.96. The average Bonchev–Trinajstić information content (AvgIpc) is 2.83. The first-order valence-corrected chi connectivity index (χ1v) is 6.22. The molecule has 0 bridgehead atoms. The lowest BCUT2D eigenvalue weighted by atomic mass is 10.1. The molecule has 0 atom stereocenters. The molecule has 0 unspecified atom stereocenters. The molecule has 0 radical (unpaired) electrons. The standard InChI is InChI=1S/C15H18N2O2/c1-10-5-4-6-11(2)14(10)17-15(18)13-8-7-12(19-13)9-16-3/h4-8,16H,9H2,1-3H3,(H,17,18). The van der Waals surface area contributed by atoms with Crippen molar-refractivity contribution in [2.45, 2.75) is 20.4 Å². The van der Waals surface area contributed by atoms with E-state index in [-0.39, 0.29) is 5.91 Å². The Kier molecular flexibility index (Phi) is 4.02. The molecule has 0 aliphatic carbocycles. The first kappa shape index (κ1) is 13.4. The van der Waals surface area contributed by atoms with Gasteiger partial charge in [0.05, 0.1) is 6.54 Å². The Bertz CT molecular complexity index is 567. The quantitative estimate of drug-likeness (QED) is 0.886. The van der Waals surface area contributed by atoms with Crippen LogP contribution in [0.4, 0.5) is 5.69 Å². The van der Waals surface area contributed by atoms with Crippen molar-refractivity contribution in [3.63, 3.8) is 0 Å². The van der Waals surface area contributed by atoms with Crippen molar-refractivity contribution in [3.8, 4) is 0 Å². The predicted molar refractivity (Wildman–Crippen MR) is 75.3 cm³/mol. The van der Waals surface area contributed by atoms with E-state index in [2.05, 4.69) is 10.6 Å². The Morgan fingerprint density at radius 2 is 1.84 bits per heavy atom. The summed E-state index contributed by atoms with van der Waals surface area (Å²) in [5, 5.41) is 5.88. The lowest BCUT2D eigenvalue weighted by Crippen LogP contribution is -2.13. The third kappa shape index (κ3) is 3.03. The molecule has 19 heavy (non-hydrogen) atoms. The van der Waals surface area contributed by atoms with Crippen LogP contribution in [-0.2, 0) is 6.54 Å². The SMILES string of the molecule is CNCc1ccc(C(=O)Nc2c(C)cccc2C)o1. The molecule has 0 saturated carbocycles. The molecular weight excluding hydrogens is 240 g/mol. The maximum absolute atomic E-state index is 12.1. The molecule has 2 N–H and O–H groups in total. The summed E-state index contributed by atoms with van der Waals surface area (Å²) in [6.45, 7) is 4.55. The van der Waals surface area contributed by atoms with Gasteiger partial charge in [-0.15, -0.1) is 0 Å². The smallest absolute Gasteiger partial charge is 0.291 e. The van der Waals surface area contributed by atoms with Gasteiger partial charge in [0.1, 0.15) is 5.76 Å². The zero-order valence-electron chi connectivity index (χ0n) is 11.4. The van der Waals surface area contributed by atoms with Gasteiger partial charge in [-0.1, -0.05) is 18.2 Å². The van der Waals surface area contributed by atoms with Crippen LogP contribution in [0.2, 0.25) is 0 Å². The summed E-state index contributed by atoms with van der Waals surface area (Å²) in [5.41, 5.74) is 2.92. The summed E-state index contributed by atoms with van der Waals surface area (Å²) >= 11 is 0. The molecule has 0 aliphatic rings. The first-order chi connectivity index (χ1) is 9.11. The van der Waals surface area contributed by atoms with E-state index in [1.54, 1.807) is 12.1 Å². The molecule has 0 aliphatic heterocycles. The minimum absolute atomic E-state index is 0.222. The topological polar surface area (TPSA) is 54.3 Å². The van der Waals surface area contributed by atoms with Crippen LogP contribution in [0.3, 0.4) is 0 Å². The highest BCUT2D eigenvalue weighted by molar-refractivity contribution is 6.03. The van der Waals surface area contributed by atoms with Gasteiger partial charge in [-0.05, 0) is 44.2 Å². The lowest BCUT2D eigenvalue weighted by molar-refractivity contribution is 0.0994. The Balaban J connectivity index is 2.16. The van der Waals surface area contributed by atoms with Gasteiger partial charge in [-0.3, -0.25) is 4.79 Å². The summed E-state index contributed by atoms with van der Waals surface area (Å²) in [5.74, 6) is 0.849. The van der Waals surface area contributed by atoms with Crippen molar-refractivity contribution in [1.29, 1.82) is 0 Å². The number of carbonyl (C=O) groups excluding carboxylic acids is 1. The van der Waals surface area contributed by atoms with Gasteiger partial charge in [0.15, 0.2) is 5.76 Å². The molecule has 1 amide bonds. The zero-order chi connectivity index (χ0) is 13.8. The third-order valence-electron chi connectivity index (χ3n) is 2.96. The number of benzene rings is 1. The second kappa shape index (κ2) is 5.71. The number of carbonyl (C=O) groups is 1. The lowest BCUT2D eigenvalue weighted by Gasteiger charge is -2.10. The molecule has 2 aromatic rings. The highest BCUT2D eigenvalue weighted by Crippen LogP contribution is 2.20. The number of nitrogens with one attached hydrogen (secondary N) is 2. The van der Waals surface area contributed by atoms with E-state index in [4.69, 9.17) is 4.42 Å². The molecule has 2 rings (SSSR count). The van der Waals surface area contributed by atoms with Crippen molar-refractivity contribution in [1.82, 2.24) is 5.32 Å². The molecular formula is C15H18N2O2. The molecule has 1 aromatic heterocycles. The molecule has 4 heteroatoms. The van der Waals surface area contributed by atoms with Gasteiger partial charge in [0.2, 0.25) is 0 Å². The molecule has 1 aromatic carbocycles. The monoisotopic (exact) mass is 258 g/mol. The maximum atomic E-state index is 12.1. The molecule has 0 saturated heterocycles. The average molecular weight is 258 g/mol. The Morgan fingerprint density at radius 3 is 2.47 bits per heavy atom. The van der Waals surface area contributed by atoms with E-state index >= 15 is 0 Å². The Labute approximate surface area is 112 Å². The number of amides is 1. The summed E-state index contributed by atoms with van der Waals surface area (Å²) in [7, 11) is 1.83. The van der Waals surface area contributed by atoms with E-state index in [0.717, 1.165) is 22.6 Å². The fourth-order valence-corrected chi connectivity index (χ4v) is 1.96. The first-order valence-electron chi connectivity index (χ1n) is 6.22. The minimum Gasteiger partial charge on any atom is -0.455 e. The number of hydrogen-bond donors (Lipinski definition) is 2. The summed E-state index contributed by atoms with van der Waals surface area (Å²) in [4.78, 5) is 12.1. The van der Waals surface area contributed by atoms with Crippen LogP contribution in [0, 0.1) is 13.8 Å². The predicted octanol–water partition coefficient (Wildman–Crippen LogP) is 2.87. The number of anilines is 1. The van der Waals surface area contributed by atoms with Crippen molar-refractivity contribution in [2.24, 2.45) is 0 Å². The second-order valence-corrected chi connectivity index (χ2v) is 4.52. The minimum atomic E-state index is -0.222. The molecule has 0 spiro atoms. The highest BCUT2D eigenvalue weighted by Gasteiger charge is 2.13. The van der Waals surface area contributed by atoms with E-state index in [9.17, 15) is 4.79 Å². The van der Waals surface area contributed by atoms with Crippen LogP contribution >= 0.6 is 0 Å². The third-order valence-corrected chi connectivity index (χ3v) is 2.96. The van der Waals surface area contributed by atoms with E-state index in [0.29, 0.717) is 12.3 Å². The van der Waals surface area contributed by atoms with Gasteiger partial charge < -0.3 is 15.1 Å². The number of aryl methyl sites for hydroxylation is 2. The van der Waals surface area contributed by atoms with Gasteiger partial charge in [-0.2, -0.15) is 0 Å². The van der Waals surface area contributed by atoms with Gasteiger partial charge in [0.25, 0.3) is 5.91 Å². The normalized spacial score (nSPS) is 10.5. The van der Waals surface area contributed by atoms with Crippen LogP contribution in [0.1, 0.15) is 27.4 Å². The maximum Gasteiger partial charge on any atom is 0.291 e. The second-order valence-electron chi connectivity index (χ2n) is 4.52. The summed E-state index contributed by atoms with van der Waals surface area (Å²) in [6, 6.07) is 9.40. The van der Waals surface area contributed by atoms with E-state index < -0.39 is 0 Å². The molecule has 100 valence electrons. The number of hydrogen-bond acceptors (Lipinski definition) is 3. The Morgan fingerprint density at radius 1 is 1.16 bits per heavy atom. The highest BCUT2D eigenvalue weighted by atomic mass is 16.4. The van der Waals surface area contributed by atoms with Crippen LogP contribution in [0.15, 0.2) is 34.7 Å². The van der Waals surface area contributed by atoms with Crippen LogP contribution in [-0.4, -0.2) is 13.0 Å². The van der Waals surface area contributed by atoms with E-state index in [1.165, 1.54) is 0 Å². The van der Waals surface area contributed by atoms with Crippen molar-refractivity contribution in [2.75, 3.05) is 12.4 Å². The largest absolute Gasteiger partial charge is 0.455 e. The zero-order valence-corrected chi connectivity index (χ0v) is 11.4. The van der Waals surface area contributed by atoms with Crippen molar-refractivity contribution in [3.05, 3.63) is 53.0 Å². The van der Waals surface area contributed by atoms with E-state index in [1.807, 2.05) is 39.1 Å². The molecule has 4 nitrogen and oxygen atoms in total. The molecule has 0 fully saturated rings. The van der Waals surface area contributed by atoms with Crippen LogP contribution < -0.4 is 10.6 Å². The van der Waals surface area contributed by atoms with Gasteiger partial charge >= 0.3 is 0 Å². The molecule has 1 heterocycles. The van der Waals surface area contributed by atoms with Crippen molar-refractivity contribution >= 4 is 11.6 Å². The van der Waals surface area contributed by atoms with Crippen LogP contribution in [0.25, 0.3) is 0 Å². The fraction of sp³-hybridized carbons (Fsp3) is 0.267. The van der Waals surface area contributed by atoms with Crippen molar-refractivity contribution < 1.29 is 9.21 Å². The van der Waals surface area contributed by atoms with Gasteiger partial charge in [0, 0.05) is 5.69 Å². The number of furan rings is 1. The summed E-state index contributed by atoms with van der Waals surface area (Å²) in [6.07, 6.45) is 0. The number of rotatable bonds is 4. The van der Waals surface area contributed by atoms with Crippen LogP contribution in [0.5, 0.6) is 0 Å². The summed E-state index contributed by atoms with van der Waals surface area (Å²) < 4.78 is 5.46. The Hall–Kier alpha value is -2.07.